The van der Waals surface area contributed by atoms with E-state index >= 15 is 0 Å². The number of ether oxygens (including phenoxy) is 2. The number of carbonyl (C=O) groups excluding carboxylic acids is 3. The zero-order valence-corrected chi connectivity index (χ0v) is 15.8. The number of nitrogens with zero attached hydrogens (tertiary/aromatic N) is 2. The third kappa shape index (κ3) is 3.57. The molecule has 0 spiro atoms. The highest BCUT2D eigenvalue weighted by atomic mass is 32.1. The first-order valence-corrected chi connectivity index (χ1v) is 8.44. The predicted octanol–water partition coefficient (Wildman–Crippen LogP) is 2.06. The lowest BCUT2D eigenvalue weighted by atomic mass is 9.97. The van der Waals surface area contributed by atoms with Gasteiger partial charge in [0.2, 0.25) is 5.75 Å². The number of esters is 2. The van der Waals surface area contributed by atoms with Crippen molar-refractivity contribution >= 4 is 29.6 Å². The van der Waals surface area contributed by atoms with Crippen LogP contribution in [0.5, 0.6) is 5.75 Å². The Hall–Kier alpha value is -2.81. The summed E-state index contributed by atoms with van der Waals surface area (Å²) in [5, 5.41) is 1.66. The average molecular weight is 378 g/mol. The summed E-state index contributed by atoms with van der Waals surface area (Å²) in [6.45, 7) is 4.84. The van der Waals surface area contributed by atoms with Crippen molar-refractivity contribution in [2.24, 2.45) is 12.5 Å². The Bertz CT molecular complexity index is 936. The number of thiophene rings is 1. The summed E-state index contributed by atoms with van der Waals surface area (Å²) in [6.07, 6.45) is 0.628. The first kappa shape index (κ1) is 19.5. The molecule has 9 heteroatoms. The van der Waals surface area contributed by atoms with Crippen molar-refractivity contribution in [3.8, 4) is 16.5 Å². The molecule has 0 aliphatic rings. The van der Waals surface area contributed by atoms with Crippen LogP contribution in [0, 0.1) is 5.41 Å². The summed E-state index contributed by atoms with van der Waals surface area (Å²) in [7, 11) is 2.53. The molecule has 0 unspecified atom stereocenters. The number of rotatable bonds is 4. The molecule has 0 aliphatic heterocycles. The van der Waals surface area contributed by atoms with Crippen molar-refractivity contribution in [1.29, 1.82) is 0 Å². The average Bonchev–Trinajstić information content (AvgIpc) is 3.06. The monoisotopic (exact) mass is 378 g/mol. The van der Waals surface area contributed by atoms with E-state index in [1.54, 1.807) is 32.2 Å². The molecule has 0 aromatic carbocycles. The zero-order valence-electron chi connectivity index (χ0n) is 15.0. The van der Waals surface area contributed by atoms with Crippen LogP contribution in [-0.4, -0.2) is 34.9 Å². The lowest BCUT2D eigenvalue weighted by Crippen LogP contribution is -2.32. The molecule has 0 N–H and O–H groups in total. The molecule has 0 radical (unpaired) electrons. The van der Waals surface area contributed by atoms with E-state index in [0.717, 1.165) is 11.7 Å². The molecule has 2 aromatic heterocycles. The van der Waals surface area contributed by atoms with E-state index in [2.05, 4.69) is 9.72 Å². The van der Waals surface area contributed by atoms with Gasteiger partial charge in [-0.05, 0) is 32.2 Å². The van der Waals surface area contributed by atoms with Crippen molar-refractivity contribution in [3.05, 3.63) is 33.1 Å². The highest BCUT2D eigenvalue weighted by Gasteiger charge is 2.30. The van der Waals surface area contributed by atoms with Gasteiger partial charge in [-0.15, -0.1) is 11.3 Å². The first-order valence-electron chi connectivity index (χ1n) is 7.56. The highest BCUT2D eigenvalue weighted by molar-refractivity contribution is 7.13. The van der Waals surface area contributed by atoms with Crippen LogP contribution in [0.1, 0.15) is 41.6 Å². The van der Waals surface area contributed by atoms with E-state index in [9.17, 15) is 19.2 Å². The van der Waals surface area contributed by atoms with Crippen molar-refractivity contribution in [2.45, 2.75) is 20.8 Å². The number of hydrogen-bond acceptors (Lipinski definition) is 8. The van der Waals surface area contributed by atoms with Gasteiger partial charge in [-0.3, -0.25) is 19.0 Å². The van der Waals surface area contributed by atoms with Gasteiger partial charge in [0.1, 0.15) is 0 Å². The molecule has 0 fully saturated rings. The molecule has 0 bridgehead atoms. The lowest BCUT2D eigenvalue weighted by molar-refractivity contribution is -0.143. The molecule has 0 amide bonds. The van der Waals surface area contributed by atoms with Gasteiger partial charge >= 0.3 is 11.9 Å². The second kappa shape index (κ2) is 7.20. The number of carbonyl (C=O) groups is 3. The van der Waals surface area contributed by atoms with Gasteiger partial charge in [-0.25, -0.2) is 9.78 Å². The van der Waals surface area contributed by atoms with E-state index < -0.39 is 34.4 Å². The van der Waals surface area contributed by atoms with Crippen LogP contribution in [0.4, 0.5) is 0 Å². The normalized spacial score (nSPS) is 11.1. The number of hydrogen-bond donors (Lipinski definition) is 0. The van der Waals surface area contributed by atoms with Gasteiger partial charge < -0.3 is 9.47 Å². The molecule has 0 aliphatic carbocycles. The van der Waals surface area contributed by atoms with Gasteiger partial charge in [0, 0.05) is 12.6 Å². The minimum Gasteiger partial charge on any atom is -0.464 e. The second-order valence-corrected chi connectivity index (χ2v) is 7.35. The Morgan fingerprint density at radius 2 is 1.96 bits per heavy atom. The largest absolute Gasteiger partial charge is 0.464 e. The molecule has 0 atom stereocenters. The Morgan fingerprint density at radius 1 is 1.31 bits per heavy atom. The van der Waals surface area contributed by atoms with Crippen molar-refractivity contribution in [1.82, 2.24) is 9.55 Å². The molecular formula is C17H18N2O6S. The molecule has 8 nitrogen and oxygen atoms in total. The van der Waals surface area contributed by atoms with Gasteiger partial charge in [-0.1, -0.05) is 0 Å². The predicted molar refractivity (Wildman–Crippen MR) is 94.6 cm³/mol. The summed E-state index contributed by atoms with van der Waals surface area (Å²) in [6, 6.07) is 1.57. The maximum atomic E-state index is 12.7. The minimum absolute atomic E-state index is 0.100. The number of methoxy groups -OCH3 is 1. The summed E-state index contributed by atoms with van der Waals surface area (Å²) in [4.78, 5) is 52.8. The highest BCUT2D eigenvalue weighted by Crippen LogP contribution is 2.28. The van der Waals surface area contributed by atoms with Crippen molar-refractivity contribution < 1.29 is 23.9 Å². The van der Waals surface area contributed by atoms with Crippen molar-refractivity contribution in [3.63, 3.8) is 0 Å². The Labute approximate surface area is 153 Å². The molecule has 0 saturated carbocycles. The van der Waals surface area contributed by atoms with E-state index in [1.807, 2.05) is 0 Å². The standard InChI is InChI=1S/C17H18N2O6S/c1-17(2,3)16(23)25-11-10(15(22)24-5)18-13(19(4)14(11)21)12-9(8-20)6-7-26-12/h6-8H,1-5H3. The van der Waals surface area contributed by atoms with Crippen LogP contribution in [0.25, 0.3) is 10.7 Å². The summed E-state index contributed by atoms with van der Waals surface area (Å²) >= 11 is 1.19. The Kier molecular flexibility index (Phi) is 5.41. The Morgan fingerprint density at radius 3 is 2.50 bits per heavy atom. The van der Waals surface area contributed by atoms with E-state index in [1.165, 1.54) is 18.4 Å². The van der Waals surface area contributed by atoms with Crippen LogP contribution in [0.15, 0.2) is 16.2 Å². The molecule has 138 valence electrons. The summed E-state index contributed by atoms with van der Waals surface area (Å²) in [5.41, 5.74) is -1.73. The molecule has 2 aromatic rings. The number of aromatic nitrogens is 2. The quantitative estimate of drug-likeness (QED) is 0.592. The molecule has 0 saturated heterocycles. The zero-order chi connectivity index (χ0) is 19.6. The van der Waals surface area contributed by atoms with Crippen molar-refractivity contribution in [2.75, 3.05) is 7.11 Å². The topological polar surface area (TPSA) is 105 Å². The molecule has 26 heavy (non-hydrogen) atoms. The third-order valence-electron chi connectivity index (χ3n) is 3.46. The fourth-order valence-corrected chi connectivity index (χ4v) is 2.84. The SMILES string of the molecule is COC(=O)c1nc(-c2sccc2C=O)n(C)c(=O)c1OC(=O)C(C)(C)C. The second-order valence-electron chi connectivity index (χ2n) is 6.43. The fraction of sp³-hybridized carbons (Fsp3) is 0.353. The minimum atomic E-state index is -0.926. The van der Waals surface area contributed by atoms with Gasteiger partial charge in [0.05, 0.1) is 17.4 Å². The van der Waals surface area contributed by atoms with E-state index in [-0.39, 0.29) is 5.82 Å². The Balaban J connectivity index is 2.73. The van der Waals surface area contributed by atoms with Gasteiger partial charge in [0.15, 0.2) is 17.8 Å². The van der Waals surface area contributed by atoms with Crippen LogP contribution >= 0.6 is 11.3 Å². The maximum Gasteiger partial charge on any atom is 0.360 e. The molecular weight excluding hydrogens is 360 g/mol. The third-order valence-corrected chi connectivity index (χ3v) is 4.39. The van der Waals surface area contributed by atoms with Gasteiger partial charge in [-0.2, -0.15) is 0 Å². The fourth-order valence-electron chi connectivity index (χ4n) is 1.95. The smallest absolute Gasteiger partial charge is 0.360 e. The van der Waals surface area contributed by atoms with Gasteiger partial charge in [0.25, 0.3) is 5.56 Å². The summed E-state index contributed by atoms with van der Waals surface area (Å²) < 4.78 is 11.0. The van der Waals surface area contributed by atoms with Crippen LogP contribution < -0.4 is 10.3 Å². The maximum absolute atomic E-state index is 12.7. The lowest BCUT2D eigenvalue weighted by Gasteiger charge is -2.18. The van der Waals surface area contributed by atoms with E-state index in [0.29, 0.717) is 16.7 Å². The van der Waals surface area contributed by atoms with Crippen LogP contribution in [0.3, 0.4) is 0 Å². The van der Waals surface area contributed by atoms with Crippen LogP contribution in [-0.2, 0) is 16.6 Å². The summed E-state index contributed by atoms with van der Waals surface area (Å²) in [5.74, 6) is -2.03. The first-order chi connectivity index (χ1) is 12.1. The molecule has 2 heterocycles. The molecule has 2 rings (SSSR count). The number of aldehydes is 1. The van der Waals surface area contributed by atoms with Crippen LogP contribution in [0.2, 0.25) is 0 Å². The van der Waals surface area contributed by atoms with E-state index in [4.69, 9.17) is 4.74 Å².